The molecule has 0 aliphatic rings. The van der Waals surface area contributed by atoms with Crippen LogP contribution >= 0.6 is 0 Å². The van der Waals surface area contributed by atoms with Gasteiger partial charge in [-0.25, -0.2) is 0 Å². The van der Waals surface area contributed by atoms with Crippen molar-refractivity contribution in [3.05, 3.63) is 60.8 Å². The molecule has 406 valence electrons. The predicted octanol–water partition coefficient (Wildman–Crippen LogP) is 20.4. The summed E-state index contributed by atoms with van der Waals surface area (Å²) in [5.41, 5.74) is 0. The fourth-order valence-corrected chi connectivity index (χ4v) is 8.73. The molecule has 0 bridgehead atoms. The van der Waals surface area contributed by atoms with Gasteiger partial charge in [0.1, 0.15) is 13.2 Å². The van der Waals surface area contributed by atoms with Gasteiger partial charge in [-0.3, -0.25) is 14.4 Å². The Kier molecular flexibility index (Phi) is 56.3. The Labute approximate surface area is 434 Å². The molecule has 0 heterocycles. The zero-order chi connectivity index (χ0) is 50.7. The van der Waals surface area contributed by atoms with Crippen LogP contribution in [0.1, 0.15) is 310 Å². The number of rotatable bonds is 55. The standard InChI is InChI=1S/C64H114O6/c1-4-7-10-13-16-19-22-25-27-29-30-31-32-33-35-36-39-42-45-48-51-54-57-63(66)69-60-61(59-68-62(65)56-53-50-47-44-41-38-24-21-18-15-12-9-6-3)70-64(67)58-55-52-49-46-43-40-37-34-28-26-23-20-17-14-11-8-5-2/h8,11-12,15,17,20-21,24,26,28,61H,4-7,9-10,13-14,16,18-19,22-23,25,27,29-60H2,1-3H3/b11-8-,15-12-,20-17-,24-21-,28-26-. The summed E-state index contributed by atoms with van der Waals surface area (Å²) in [5, 5.41) is 0. The number of esters is 3. The van der Waals surface area contributed by atoms with Gasteiger partial charge in [0.2, 0.25) is 0 Å². The second-order valence-electron chi connectivity index (χ2n) is 20.2. The number of hydrogen-bond acceptors (Lipinski definition) is 6. The van der Waals surface area contributed by atoms with E-state index in [2.05, 4.69) is 81.5 Å². The van der Waals surface area contributed by atoms with Crippen molar-refractivity contribution >= 4 is 17.9 Å². The maximum Gasteiger partial charge on any atom is 0.306 e. The minimum atomic E-state index is -0.784. The molecular formula is C64H114O6. The highest BCUT2D eigenvalue weighted by atomic mass is 16.6. The Hall–Kier alpha value is -2.89. The van der Waals surface area contributed by atoms with Crippen molar-refractivity contribution in [3.63, 3.8) is 0 Å². The monoisotopic (exact) mass is 979 g/mol. The highest BCUT2D eigenvalue weighted by Crippen LogP contribution is 2.17. The maximum atomic E-state index is 12.9. The number of hydrogen-bond donors (Lipinski definition) is 0. The first-order chi connectivity index (χ1) is 34.5. The smallest absolute Gasteiger partial charge is 0.306 e. The summed E-state index contributed by atoms with van der Waals surface area (Å²) in [5.74, 6) is -0.891. The van der Waals surface area contributed by atoms with Gasteiger partial charge in [0.15, 0.2) is 6.10 Å². The zero-order valence-corrected chi connectivity index (χ0v) is 46.5. The van der Waals surface area contributed by atoms with Crippen LogP contribution in [0.5, 0.6) is 0 Å². The lowest BCUT2D eigenvalue weighted by Gasteiger charge is -2.18. The van der Waals surface area contributed by atoms with Gasteiger partial charge in [-0.05, 0) is 77.0 Å². The van der Waals surface area contributed by atoms with E-state index in [1.807, 2.05) is 0 Å². The summed E-state index contributed by atoms with van der Waals surface area (Å²) in [4.78, 5) is 38.2. The van der Waals surface area contributed by atoms with Crippen LogP contribution in [0, 0.1) is 0 Å². The van der Waals surface area contributed by atoms with Gasteiger partial charge in [0.05, 0.1) is 0 Å². The fraction of sp³-hybridized carbons (Fsp3) is 0.797. The van der Waals surface area contributed by atoms with E-state index in [-0.39, 0.29) is 31.1 Å². The van der Waals surface area contributed by atoms with Crippen molar-refractivity contribution in [2.24, 2.45) is 0 Å². The van der Waals surface area contributed by atoms with Crippen molar-refractivity contribution in [1.82, 2.24) is 0 Å². The number of unbranched alkanes of at least 4 members (excludes halogenated alkanes) is 34. The second kappa shape index (κ2) is 58.7. The Morgan fingerprint density at radius 1 is 0.300 bits per heavy atom. The van der Waals surface area contributed by atoms with E-state index in [0.717, 1.165) is 109 Å². The van der Waals surface area contributed by atoms with Crippen molar-refractivity contribution in [2.75, 3.05) is 13.2 Å². The van der Waals surface area contributed by atoms with Crippen molar-refractivity contribution in [1.29, 1.82) is 0 Å². The maximum absolute atomic E-state index is 12.9. The molecule has 0 saturated carbocycles. The van der Waals surface area contributed by atoms with Crippen LogP contribution in [0.2, 0.25) is 0 Å². The Morgan fingerprint density at radius 3 is 0.929 bits per heavy atom. The quantitative estimate of drug-likeness (QED) is 0.0261. The topological polar surface area (TPSA) is 78.9 Å². The summed E-state index contributed by atoms with van der Waals surface area (Å²) >= 11 is 0. The molecule has 0 rings (SSSR count). The highest BCUT2D eigenvalue weighted by Gasteiger charge is 2.19. The van der Waals surface area contributed by atoms with Crippen LogP contribution in [0.25, 0.3) is 0 Å². The highest BCUT2D eigenvalue weighted by molar-refractivity contribution is 5.71. The Morgan fingerprint density at radius 2 is 0.586 bits per heavy atom. The lowest BCUT2D eigenvalue weighted by atomic mass is 10.0. The SMILES string of the molecule is CC/C=C\C/C=C\C/C=C\CCCCCCCCCC(=O)OC(COC(=O)CCCCCCC/C=C\C/C=C\CCC)COC(=O)CCCCCCCCCCCCCCCCCCCCCCCC. The first-order valence-electron chi connectivity index (χ1n) is 30.3. The zero-order valence-electron chi connectivity index (χ0n) is 46.5. The molecule has 0 amide bonds. The van der Waals surface area contributed by atoms with E-state index in [4.69, 9.17) is 14.2 Å². The van der Waals surface area contributed by atoms with Crippen LogP contribution < -0.4 is 0 Å². The molecule has 0 aliphatic heterocycles. The molecule has 1 unspecified atom stereocenters. The molecule has 0 aromatic heterocycles. The van der Waals surface area contributed by atoms with Gasteiger partial charge >= 0.3 is 17.9 Å². The molecule has 0 aromatic rings. The molecule has 0 aromatic carbocycles. The minimum Gasteiger partial charge on any atom is -0.462 e. The molecular weight excluding hydrogens is 865 g/mol. The lowest BCUT2D eigenvalue weighted by Crippen LogP contribution is -2.30. The van der Waals surface area contributed by atoms with Gasteiger partial charge in [-0.15, -0.1) is 0 Å². The first-order valence-corrected chi connectivity index (χ1v) is 30.3. The van der Waals surface area contributed by atoms with Gasteiger partial charge in [0.25, 0.3) is 0 Å². The second-order valence-corrected chi connectivity index (χ2v) is 20.2. The van der Waals surface area contributed by atoms with Crippen LogP contribution in [0.3, 0.4) is 0 Å². The fourth-order valence-electron chi connectivity index (χ4n) is 8.73. The third-order valence-electron chi connectivity index (χ3n) is 13.2. The molecule has 1 atom stereocenters. The van der Waals surface area contributed by atoms with Gasteiger partial charge < -0.3 is 14.2 Å². The van der Waals surface area contributed by atoms with Gasteiger partial charge in [0, 0.05) is 19.3 Å². The molecule has 6 nitrogen and oxygen atoms in total. The average Bonchev–Trinajstić information content (AvgIpc) is 3.36. The Balaban J connectivity index is 4.31. The average molecular weight is 980 g/mol. The summed E-state index contributed by atoms with van der Waals surface area (Å²) in [6.45, 7) is 6.48. The van der Waals surface area contributed by atoms with Crippen molar-refractivity contribution in [3.8, 4) is 0 Å². The summed E-state index contributed by atoms with van der Waals surface area (Å²) in [6, 6.07) is 0. The van der Waals surface area contributed by atoms with E-state index in [1.165, 1.54) is 161 Å². The Bertz CT molecular complexity index is 1260. The van der Waals surface area contributed by atoms with E-state index < -0.39 is 6.10 Å². The number of carbonyl (C=O) groups excluding carboxylic acids is 3. The summed E-state index contributed by atoms with van der Waals surface area (Å²) in [7, 11) is 0. The molecule has 70 heavy (non-hydrogen) atoms. The van der Waals surface area contributed by atoms with Crippen LogP contribution in [0.15, 0.2) is 60.8 Å². The van der Waals surface area contributed by atoms with Crippen LogP contribution in [-0.2, 0) is 28.6 Å². The van der Waals surface area contributed by atoms with Gasteiger partial charge in [-0.1, -0.05) is 274 Å². The van der Waals surface area contributed by atoms with Crippen molar-refractivity contribution < 1.29 is 28.6 Å². The third-order valence-corrected chi connectivity index (χ3v) is 13.2. The molecule has 0 saturated heterocycles. The van der Waals surface area contributed by atoms with E-state index >= 15 is 0 Å². The minimum absolute atomic E-state index is 0.0802. The first kappa shape index (κ1) is 67.1. The molecule has 0 N–H and O–H groups in total. The normalized spacial score (nSPS) is 12.4. The van der Waals surface area contributed by atoms with Crippen LogP contribution in [-0.4, -0.2) is 37.2 Å². The number of ether oxygens (including phenoxy) is 3. The van der Waals surface area contributed by atoms with E-state index in [9.17, 15) is 14.4 Å². The molecule has 0 spiro atoms. The lowest BCUT2D eigenvalue weighted by molar-refractivity contribution is -0.167. The molecule has 0 radical (unpaired) electrons. The summed E-state index contributed by atoms with van der Waals surface area (Å²) in [6.07, 6.45) is 73.7. The summed E-state index contributed by atoms with van der Waals surface area (Å²) < 4.78 is 16.9. The molecule has 6 heteroatoms. The van der Waals surface area contributed by atoms with Crippen molar-refractivity contribution in [2.45, 2.75) is 316 Å². The van der Waals surface area contributed by atoms with Gasteiger partial charge in [-0.2, -0.15) is 0 Å². The largest absolute Gasteiger partial charge is 0.462 e. The molecule has 0 aliphatic carbocycles. The van der Waals surface area contributed by atoms with E-state index in [1.54, 1.807) is 0 Å². The molecule has 0 fully saturated rings. The van der Waals surface area contributed by atoms with E-state index in [0.29, 0.717) is 19.3 Å². The number of carbonyl (C=O) groups is 3. The number of allylic oxidation sites excluding steroid dienone is 10. The predicted molar refractivity (Wildman–Crippen MR) is 302 cm³/mol. The van der Waals surface area contributed by atoms with Crippen LogP contribution in [0.4, 0.5) is 0 Å². The third kappa shape index (κ3) is 56.0.